The van der Waals surface area contributed by atoms with E-state index in [4.69, 9.17) is 5.73 Å². The standard InChI is InChI=1S/C17H22N6O/c1-11-6-2-5-9-13(11)17(24)23-22-16-14(18)15(19-10-20-16)21-12-7-3-4-8-12/h2,5-6,9-10,12H,3-4,7-8,18H2,1H3,(H,23,24)(H2,19,20,21,22). The Labute approximate surface area is 141 Å². The van der Waals surface area contributed by atoms with Crippen LogP contribution < -0.4 is 21.9 Å². The first kappa shape index (κ1) is 16.0. The largest absolute Gasteiger partial charge is 0.393 e. The Morgan fingerprint density at radius 1 is 1.17 bits per heavy atom. The Balaban J connectivity index is 1.67. The lowest BCUT2D eigenvalue weighted by atomic mass is 10.1. The van der Waals surface area contributed by atoms with Crippen molar-refractivity contribution in [2.75, 3.05) is 16.5 Å². The van der Waals surface area contributed by atoms with Gasteiger partial charge in [0, 0.05) is 11.6 Å². The molecule has 1 amide bonds. The third-order valence-electron chi connectivity index (χ3n) is 4.26. The Morgan fingerprint density at radius 3 is 2.62 bits per heavy atom. The molecule has 1 fully saturated rings. The van der Waals surface area contributed by atoms with Crippen LogP contribution in [0.5, 0.6) is 0 Å². The van der Waals surface area contributed by atoms with E-state index in [-0.39, 0.29) is 5.91 Å². The summed E-state index contributed by atoms with van der Waals surface area (Å²) in [5, 5.41) is 3.35. The van der Waals surface area contributed by atoms with Crippen LogP contribution in [0.4, 0.5) is 17.3 Å². The topological polar surface area (TPSA) is 105 Å². The van der Waals surface area contributed by atoms with Crippen molar-refractivity contribution in [2.24, 2.45) is 0 Å². The number of aromatic nitrogens is 2. The van der Waals surface area contributed by atoms with Gasteiger partial charge in [-0.1, -0.05) is 31.0 Å². The van der Waals surface area contributed by atoms with Crippen LogP contribution in [0.15, 0.2) is 30.6 Å². The van der Waals surface area contributed by atoms with Crippen molar-refractivity contribution in [1.82, 2.24) is 15.4 Å². The molecule has 1 aliphatic carbocycles. The van der Waals surface area contributed by atoms with E-state index in [0.29, 0.717) is 28.9 Å². The maximum absolute atomic E-state index is 12.2. The molecular formula is C17H22N6O. The first-order chi connectivity index (χ1) is 11.6. The van der Waals surface area contributed by atoms with Crippen molar-refractivity contribution in [3.8, 4) is 0 Å². The number of carbonyl (C=O) groups excluding carboxylic acids is 1. The van der Waals surface area contributed by atoms with E-state index in [1.165, 1.54) is 19.2 Å². The quantitative estimate of drug-likeness (QED) is 0.629. The van der Waals surface area contributed by atoms with Gasteiger partial charge in [-0.3, -0.25) is 15.6 Å². The maximum atomic E-state index is 12.2. The number of nitrogen functional groups attached to an aromatic ring is 1. The van der Waals surface area contributed by atoms with Crippen molar-refractivity contribution in [3.05, 3.63) is 41.7 Å². The predicted molar refractivity (Wildman–Crippen MR) is 94.6 cm³/mol. The second-order valence-electron chi connectivity index (χ2n) is 6.00. The summed E-state index contributed by atoms with van der Waals surface area (Å²) in [6.07, 6.45) is 6.11. The summed E-state index contributed by atoms with van der Waals surface area (Å²) < 4.78 is 0. The van der Waals surface area contributed by atoms with E-state index in [2.05, 4.69) is 26.1 Å². The highest BCUT2D eigenvalue weighted by molar-refractivity contribution is 5.96. The molecule has 0 saturated heterocycles. The van der Waals surface area contributed by atoms with Gasteiger partial charge in [0.2, 0.25) is 0 Å². The molecule has 2 aromatic rings. The van der Waals surface area contributed by atoms with Crippen molar-refractivity contribution >= 4 is 23.2 Å². The van der Waals surface area contributed by atoms with Gasteiger partial charge in [0.25, 0.3) is 5.91 Å². The van der Waals surface area contributed by atoms with Crippen LogP contribution in [0, 0.1) is 6.92 Å². The number of anilines is 3. The third-order valence-corrected chi connectivity index (χ3v) is 4.26. The number of benzene rings is 1. The molecule has 0 radical (unpaired) electrons. The van der Waals surface area contributed by atoms with Crippen molar-refractivity contribution in [3.63, 3.8) is 0 Å². The van der Waals surface area contributed by atoms with Crippen LogP contribution in [0.3, 0.4) is 0 Å². The first-order valence-electron chi connectivity index (χ1n) is 8.14. The number of aryl methyl sites for hydroxylation is 1. The minimum absolute atomic E-state index is 0.239. The molecule has 0 atom stereocenters. The summed E-state index contributed by atoms with van der Waals surface area (Å²) in [6.45, 7) is 1.89. The van der Waals surface area contributed by atoms with Crippen LogP contribution >= 0.6 is 0 Å². The second-order valence-corrected chi connectivity index (χ2v) is 6.00. The van der Waals surface area contributed by atoms with Gasteiger partial charge in [0.15, 0.2) is 11.6 Å². The normalized spacial score (nSPS) is 14.4. The number of hydrogen-bond acceptors (Lipinski definition) is 6. The molecule has 126 valence electrons. The monoisotopic (exact) mass is 326 g/mol. The van der Waals surface area contributed by atoms with Gasteiger partial charge >= 0.3 is 0 Å². The molecule has 1 saturated carbocycles. The average Bonchev–Trinajstić information content (AvgIpc) is 3.09. The predicted octanol–water partition coefficient (Wildman–Crippen LogP) is 2.48. The molecule has 1 aromatic heterocycles. The minimum Gasteiger partial charge on any atom is -0.393 e. The molecule has 0 unspecified atom stereocenters. The Hall–Kier alpha value is -2.83. The zero-order valence-corrected chi connectivity index (χ0v) is 13.7. The third kappa shape index (κ3) is 3.56. The van der Waals surface area contributed by atoms with Gasteiger partial charge in [-0.2, -0.15) is 0 Å². The molecule has 0 aliphatic heterocycles. The summed E-state index contributed by atoms with van der Waals surface area (Å²) in [4.78, 5) is 20.5. The average molecular weight is 326 g/mol. The van der Waals surface area contributed by atoms with Crippen LogP contribution in [0.25, 0.3) is 0 Å². The number of amides is 1. The second kappa shape index (κ2) is 7.16. The summed E-state index contributed by atoms with van der Waals surface area (Å²) in [7, 11) is 0. The number of hydrazine groups is 1. The molecule has 1 aromatic carbocycles. The van der Waals surface area contributed by atoms with Gasteiger partial charge in [-0.25, -0.2) is 9.97 Å². The zero-order valence-electron chi connectivity index (χ0n) is 13.7. The first-order valence-corrected chi connectivity index (χ1v) is 8.14. The van der Waals surface area contributed by atoms with E-state index in [0.717, 1.165) is 18.4 Å². The summed E-state index contributed by atoms with van der Waals surface area (Å²) in [6, 6.07) is 7.77. The van der Waals surface area contributed by atoms with Gasteiger partial charge in [-0.15, -0.1) is 0 Å². The summed E-state index contributed by atoms with van der Waals surface area (Å²) >= 11 is 0. The minimum atomic E-state index is -0.239. The lowest BCUT2D eigenvalue weighted by Gasteiger charge is -2.16. The van der Waals surface area contributed by atoms with E-state index in [1.54, 1.807) is 6.07 Å². The molecular weight excluding hydrogens is 304 g/mol. The van der Waals surface area contributed by atoms with E-state index >= 15 is 0 Å². The van der Waals surface area contributed by atoms with Crippen LogP contribution in [0.2, 0.25) is 0 Å². The molecule has 5 N–H and O–H groups in total. The smallest absolute Gasteiger partial charge is 0.269 e. The fourth-order valence-electron chi connectivity index (χ4n) is 2.88. The Morgan fingerprint density at radius 2 is 1.88 bits per heavy atom. The van der Waals surface area contributed by atoms with Crippen LogP contribution in [-0.4, -0.2) is 21.9 Å². The van der Waals surface area contributed by atoms with Crippen molar-refractivity contribution in [2.45, 2.75) is 38.6 Å². The molecule has 7 heteroatoms. The van der Waals surface area contributed by atoms with Crippen molar-refractivity contribution < 1.29 is 4.79 Å². The molecule has 1 aliphatic rings. The maximum Gasteiger partial charge on any atom is 0.269 e. The molecule has 1 heterocycles. The van der Waals surface area contributed by atoms with Crippen molar-refractivity contribution in [1.29, 1.82) is 0 Å². The highest BCUT2D eigenvalue weighted by atomic mass is 16.2. The lowest BCUT2D eigenvalue weighted by molar-refractivity contribution is 0.0962. The van der Waals surface area contributed by atoms with E-state index in [1.807, 2.05) is 25.1 Å². The lowest BCUT2D eigenvalue weighted by Crippen LogP contribution is -2.31. The highest BCUT2D eigenvalue weighted by Gasteiger charge is 2.18. The van der Waals surface area contributed by atoms with Gasteiger partial charge < -0.3 is 11.1 Å². The SMILES string of the molecule is Cc1ccccc1C(=O)NNc1ncnc(NC2CCCC2)c1N. The fourth-order valence-corrected chi connectivity index (χ4v) is 2.88. The number of nitrogens with two attached hydrogens (primary N) is 1. The van der Waals surface area contributed by atoms with Gasteiger partial charge in [0.05, 0.1) is 0 Å². The number of carbonyl (C=O) groups is 1. The van der Waals surface area contributed by atoms with Crippen LogP contribution in [-0.2, 0) is 0 Å². The zero-order chi connectivity index (χ0) is 16.9. The highest BCUT2D eigenvalue weighted by Crippen LogP contribution is 2.27. The summed E-state index contributed by atoms with van der Waals surface area (Å²) in [5.74, 6) is 0.744. The Kier molecular flexibility index (Phi) is 4.79. The molecule has 0 bridgehead atoms. The molecule has 24 heavy (non-hydrogen) atoms. The molecule has 3 rings (SSSR count). The van der Waals surface area contributed by atoms with Gasteiger partial charge in [0.1, 0.15) is 12.0 Å². The number of nitrogens with zero attached hydrogens (tertiary/aromatic N) is 2. The van der Waals surface area contributed by atoms with Crippen LogP contribution in [0.1, 0.15) is 41.6 Å². The Bertz CT molecular complexity index is 727. The number of hydrogen-bond donors (Lipinski definition) is 4. The summed E-state index contributed by atoms with van der Waals surface area (Å²) in [5.41, 5.74) is 13.4. The van der Waals surface area contributed by atoms with E-state index < -0.39 is 0 Å². The molecule has 7 nitrogen and oxygen atoms in total. The molecule has 0 spiro atoms. The van der Waals surface area contributed by atoms with E-state index in [9.17, 15) is 4.79 Å². The fraction of sp³-hybridized carbons (Fsp3) is 0.353. The number of rotatable bonds is 5. The van der Waals surface area contributed by atoms with Gasteiger partial charge in [-0.05, 0) is 31.4 Å². The number of nitrogens with one attached hydrogen (secondary N) is 3.